The lowest BCUT2D eigenvalue weighted by atomic mass is 9.84. The molecule has 0 fully saturated rings. The fraction of sp³-hybridized carbons (Fsp3) is 0.364. The normalized spacial score (nSPS) is 14.1. The highest BCUT2D eigenvalue weighted by molar-refractivity contribution is 7.98. The molecule has 0 spiro atoms. The molecule has 0 aliphatic rings. The molecule has 2 unspecified atom stereocenters. The third-order valence-corrected chi connectivity index (χ3v) is 5.55. The average molecular weight is 418 g/mol. The summed E-state index contributed by atoms with van der Waals surface area (Å²) in [4.78, 5) is 22.9. The molecule has 28 heavy (non-hydrogen) atoms. The number of likely N-dealkylation sites (N-methyl/N-ethyl adjacent to an activating group) is 1. The van der Waals surface area contributed by atoms with Crippen molar-refractivity contribution in [3.63, 3.8) is 0 Å². The zero-order chi connectivity index (χ0) is 20.8. The van der Waals surface area contributed by atoms with Gasteiger partial charge in [0, 0.05) is 42.6 Å². The Hall–Kier alpha value is -1.82. The largest absolute Gasteiger partial charge is 0.383 e. The number of rotatable bonds is 8. The molecule has 4 nitrogen and oxygen atoms in total. The van der Waals surface area contributed by atoms with Gasteiger partial charge in [0.05, 0.1) is 17.0 Å². The molecule has 1 aromatic heterocycles. The molecule has 2 atom stereocenters. The maximum atomic E-state index is 13.6. The van der Waals surface area contributed by atoms with Crippen LogP contribution in [-0.2, 0) is 0 Å². The van der Waals surface area contributed by atoms with Gasteiger partial charge in [-0.2, -0.15) is 0 Å². The Kier molecular flexibility index (Phi) is 8.10. The quantitative estimate of drug-likeness (QED) is 0.461. The summed E-state index contributed by atoms with van der Waals surface area (Å²) in [5, 5.41) is 0.613. The van der Waals surface area contributed by atoms with Crippen LogP contribution in [0.15, 0.2) is 58.7 Å². The van der Waals surface area contributed by atoms with Gasteiger partial charge in [0.25, 0.3) is 0 Å². The smallest absolute Gasteiger partial charge is 0.173 e. The predicted octanol–water partition coefficient (Wildman–Crippen LogP) is 4.65. The van der Waals surface area contributed by atoms with Gasteiger partial charge in [0.2, 0.25) is 0 Å². The molecule has 1 aromatic carbocycles. The maximum absolute atomic E-state index is 13.6. The monoisotopic (exact) mass is 417 g/mol. The summed E-state index contributed by atoms with van der Waals surface area (Å²) < 4.78 is 0. The van der Waals surface area contributed by atoms with Crippen LogP contribution in [0.1, 0.15) is 27.5 Å². The fourth-order valence-electron chi connectivity index (χ4n) is 3.11. The first kappa shape index (κ1) is 22.5. The van der Waals surface area contributed by atoms with Crippen molar-refractivity contribution in [1.29, 1.82) is 0 Å². The number of pyridine rings is 1. The average Bonchev–Trinajstić information content (AvgIpc) is 2.65. The van der Waals surface area contributed by atoms with E-state index in [1.807, 2.05) is 93.8 Å². The van der Waals surface area contributed by atoms with E-state index in [0.717, 1.165) is 16.2 Å². The minimum Gasteiger partial charge on any atom is -0.383 e. The van der Waals surface area contributed by atoms with Gasteiger partial charge in [0.15, 0.2) is 5.78 Å². The zero-order valence-corrected chi connectivity index (χ0v) is 18.9. The first-order valence-corrected chi connectivity index (χ1v) is 10.7. The Labute approximate surface area is 177 Å². The van der Waals surface area contributed by atoms with E-state index in [9.17, 15) is 4.79 Å². The molecule has 0 amide bonds. The molecule has 0 bridgehead atoms. The van der Waals surface area contributed by atoms with Crippen molar-refractivity contribution in [2.24, 2.45) is 0 Å². The van der Waals surface area contributed by atoms with Gasteiger partial charge >= 0.3 is 0 Å². The molecule has 6 heteroatoms. The van der Waals surface area contributed by atoms with E-state index in [2.05, 4.69) is 4.98 Å². The van der Waals surface area contributed by atoms with Gasteiger partial charge in [-0.1, -0.05) is 23.7 Å². The second-order valence-corrected chi connectivity index (χ2v) is 8.51. The summed E-state index contributed by atoms with van der Waals surface area (Å²) in [5.41, 5.74) is 2.41. The molecule has 150 valence electrons. The summed E-state index contributed by atoms with van der Waals surface area (Å²) in [7, 11) is 7.73. The van der Waals surface area contributed by atoms with Crippen LogP contribution < -0.4 is 0 Å². The number of Topliss-reactive ketones (excluding diaryl/α,β-unsaturated/α-hetero) is 1. The third kappa shape index (κ3) is 5.60. The molecular formula is C22H28ClN3OS. The molecular weight excluding hydrogens is 390 g/mol. The van der Waals surface area contributed by atoms with E-state index in [4.69, 9.17) is 11.6 Å². The van der Waals surface area contributed by atoms with Crippen molar-refractivity contribution < 1.29 is 4.79 Å². The first-order chi connectivity index (χ1) is 13.2. The number of thioether (sulfide) groups is 1. The van der Waals surface area contributed by atoms with Crippen molar-refractivity contribution in [3.05, 3.63) is 70.6 Å². The van der Waals surface area contributed by atoms with Crippen LogP contribution in [-0.4, -0.2) is 61.1 Å². The molecule has 2 aromatic rings. The SMILES string of the molecule is CSc1ccc(C(C(=O)c2ccc(C)nc2)C(/C(Cl)=C/N(C)C)N(C)C)cc1. The molecule has 0 saturated carbocycles. The Balaban J connectivity index is 2.58. The number of hydrogen-bond acceptors (Lipinski definition) is 5. The summed E-state index contributed by atoms with van der Waals surface area (Å²) in [5.74, 6) is -0.437. The maximum Gasteiger partial charge on any atom is 0.173 e. The second kappa shape index (κ2) is 10.1. The molecule has 0 radical (unpaired) electrons. The van der Waals surface area contributed by atoms with E-state index >= 15 is 0 Å². The Bertz CT molecular complexity index is 817. The lowest BCUT2D eigenvalue weighted by Crippen LogP contribution is -2.39. The highest BCUT2D eigenvalue weighted by atomic mass is 35.5. The first-order valence-electron chi connectivity index (χ1n) is 9.05. The van der Waals surface area contributed by atoms with E-state index in [-0.39, 0.29) is 11.8 Å². The van der Waals surface area contributed by atoms with E-state index in [0.29, 0.717) is 10.6 Å². The van der Waals surface area contributed by atoms with Crippen molar-refractivity contribution >= 4 is 29.1 Å². The van der Waals surface area contributed by atoms with Gasteiger partial charge in [-0.15, -0.1) is 11.8 Å². The number of hydrogen-bond donors (Lipinski definition) is 0. The number of ketones is 1. The second-order valence-electron chi connectivity index (χ2n) is 7.19. The van der Waals surface area contributed by atoms with Gasteiger partial charge in [0.1, 0.15) is 0 Å². The minimum absolute atomic E-state index is 0.00778. The zero-order valence-electron chi connectivity index (χ0n) is 17.3. The van der Waals surface area contributed by atoms with Crippen molar-refractivity contribution in [3.8, 4) is 0 Å². The van der Waals surface area contributed by atoms with Gasteiger partial charge in [-0.25, -0.2) is 0 Å². The van der Waals surface area contributed by atoms with E-state index in [1.54, 1.807) is 18.0 Å². The number of halogens is 1. The molecule has 0 N–H and O–H groups in total. The molecule has 0 aliphatic heterocycles. The lowest BCUT2D eigenvalue weighted by molar-refractivity contribution is 0.0921. The predicted molar refractivity (Wildman–Crippen MR) is 119 cm³/mol. The molecule has 2 rings (SSSR count). The Morgan fingerprint density at radius 3 is 2.21 bits per heavy atom. The van der Waals surface area contributed by atoms with Crippen LogP contribution >= 0.6 is 23.4 Å². The van der Waals surface area contributed by atoms with Crippen LogP contribution in [0.3, 0.4) is 0 Å². The number of aromatic nitrogens is 1. The number of carbonyl (C=O) groups is 1. The summed E-state index contributed by atoms with van der Waals surface area (Å²) in [6.07, 6.45) is 5.54. The summed E-state index contributed by atoms with van der Waals surface area (Å²) in [6, 6.07) is 11.5. The molecule has 0 aliphatic carbocycles. The van der Waals surface area contributed by atoms with Gasteiger partial charge in [-0.3, -0.25) is 9.78 Å². The topological polar surface area (TPSA) is 36.4 Å². The van der Waals surface area contributed by atoms with Crippen molar-refractivity contribution in [2.45, 2.75) is 23.8 Å². The fourth-order valence-corrected chi connectivity index (χ4v) is 4.03. The van der Waals surface area contributed by atoms with Crippen LogP contribution in [0.5, 0.6) is 0 Å². The summed E-state index contributed by atoms with van der Waals surface area (Å²) in [6.45, 7) is 1.91. The Morgan fingerprint density at radius 2 is 1.75 bits per heavy atom. The van der Waals surface area contributed by atoms with Crippen LogP contribution in [0.2, 0.25) is 0 Å². The minimum atomic E-state index is -0.445. The molecule has 0 saturated heterocycles. The van der Waals surface area contributed by atoms with Crippen molar-refractivity contribution in [1.82, 2.24) is 14.8 Å². The van der Waals surface area contributed by atoms with Crippen molar-refractivity contribution in [2.75, 3.05) is 34.4 Å². The van der Waals surface area contributed by atoms with E-state index < -0.39 is 5.92 Å². The van der Waals surface area contributed by atoms with Crippen LogP contribution in [0, 0.1) is 6.92 Å². The summed E-state index contributed by atoms with van der Waals surface area (Å²) >= 11 is 8.38. The number of aryl methyl sites for hydroxylation is 1. The van der Waals surface area contributed by atoms with Crippen LogP contribution in [0.4, 0.5) is 0 Å². The third-order valence-electron chi connectivity index (χ3n) is 4.49. The molecule has 1 heterocycles. The van der Waals surface area contributed by atoms with Gasteiger partial charge < -0.3 is 9.80 Å². The lowest BCUT2D eigenvalue weighted by Gasteiger charge is -2.32. The highest BCUT2D eigenvalue weighted by Crippen LogP contribution is 2.33. The number of nitrogens with zero attached hydrogens (tertiary/aromatic N) is 3. The number of benzene rings is 1. The van der Waals surface area contributed by atoms with E-state index in [1.165, 1.54) is 0 Å². The highest BCUT2D eigenvalue weighted by Gasteiger charge is 2.34. The van der Waals surface area contributed by atoms with Crippen LogP contribution in [0.25, 0.3) is 0 Å². The van der Waals surface area contributed by atoms with Gasteiger partial charge in [-0.05, 0) is 57.1 Å². The Morgan fingerprint density at radius 1 is 1.11 bits per heavy atom. The number of carbonyl (C=O) groups excluding carboxylic acids is 1. The standard InChI is InChI=1S/C22H28ClN3OS/c1-15-7-8-17(13-24-15)22(27)20(16-9-11-18(28-6)12-10-16)21(26(4)5)19(23)14-25(2)3/h7-14,20-21H,1-6H3/b19-14-.